The Morgan fingerprint density at radius 2 is 2.31 bits per heavy atom. The molecule has 1 aromatic carbocycles. The fourth-order valence-corrected chi connectivity index (χ4v) is 3.67. The third kappa shape index (κ3) is 3.62. The fraction of sp³-hybridized carbons (Fsp3) is 0.450. The summed E-state index contributed by atoms with van der Waals surface area (Å²) >= 11 is 0. The number of nitrogens with zero attached hydrogens (tertiary/aromatic N) is 3. The van der Waals surface area contributed by atoms with Gasteiger partial charge >= 0.3 is 0 Å². The van der Waals surface area contributed by atoms with Crippen molar-refractivity contribution in [3.63, 3.8) is 0 Å². The van der Waals surface area contributed by atoms with Gasteiger partial charge in [0.15, 0.2) is 0 Å². The first-order valence-corrected chi connectivity index (χ1v) is 9.06. The molecule has 0 radical (unpaired) electrons. The Hall–Kier alpha value is -2.68. The van der Waals surface area contributed by atoms with Gasteiger partial charge in [0.25, 0.3) is 0 Å². The smallest absolute Gasteiger partial charge is 0.220 e. The number of nitriles is 1. The number of hydrogen-bond donors (Lipinski definition) is 1. The number of carbonyl (C=O) groups is 1. The zero-order chi connectivity index (χ0) is 18.7. The SMILES string of the molecule is CCCC(=O)NC1CCCN(c2c(C#N)cnc3c(C)cc(F)cc23)C1. The van der Waals surface area contributed by atoms with Gasteiger partial charge in [0.2, 0.25) is 5.91 Å². The van der Waals surface area contributed by atoms with Gasteiger partial charge in [-0.3, -0.25) is 9.78 Å². The Balaban J connectivity index is 1.98. The predicted molar refractivity (Wildman–Crippen MR) is 99.4 cm³/mol. The lowest BCUT2D eigenvalue weighted by molar-refractivity contribution is -0.121. The molecule has 6 heteroatoms. The number of benzene rings is 1. The van der Waals surface area contributed by atoms with E-state index < -0.39 is 0 Å². The van der Waals surface area contributed by atoms with Crippen LogP contribution in [-0.4, -0.2) is 30.0 Å². The van der Waals surface area contributed by atoms with E-state index in [1.54, 1.807) is 6.20 Å². The van der Waals surface area contributed by atoms with Crippen LogP contribution in [0.3, 0.4) is 0 Å². The topological polar surface area (TPSA) is 69.0 Å². The molecule has 2 aromatic rings. The highest BCUT2D eigenvalue weighted by atomic mass is 19.1. The number of hydrogen-bond acceptors (Lipinski definition) is 4. The molecule has 0 saturated carbocycles. The number of fused-ring (bicyclic) bond motifs is 1. The molecular formula is C20H23FN4O. The van der Waals surface area contributed by atoms with Crippen molar-refractivity contribution in [2.75, 3.05) is 18.0 Å². The molecule has 1 N–H and O–H groups in total. The molecule has 1 fully saturated rings. The molecule has 1 aromatic heterocycles. The quantitative estimate of drug-likeness (QED) is 0.913. The van der Waals surface area contributed by atoms with Crippen LogP contribution >= 0.6 is 0 Å². The van der Waals surface area contributed by atoms with Crippen molar-refractivity contribution in [1.29, 1.82) is 5.26 Å². The van der Waals surface area contributed by atoms with Gasteiger partial charge in [-0.15, -0.1) is 0 Å². The summed E-state index contributed by atoms with van der Waals surface area (Å²) in [4.78, 5) is 18.4. The monoisotopic (exact) mass is 354 g/mol. The molecule has 1 unspecified atom stereocenters. The first-order valence-electron chi connectivity index (χ1n) is 9.06. The second-order valence-electron chi connectivity index (χ2n) is 6.85. The molecule has 0 aliphatic carbocycles. The van der Waals surface area contributed by atoms with Crippen molar-refractivity contribution in [2.45, 2.75) is 45.6 Å². The summed E-state index contributed by atoms with van der Waals surface area (Å²) in [6, 6.07) is 5.12. The Kier molecular flexibility index (Phi) is 5.36. The van der Waals surface area contributed by atoms with Crippen LogP contribution in [0.4, 0.5) is 10.1 Å². The standard InChI is InChI=1S/C20H23FN4O/c1-3-5-18(26)24-16-6-4-7-25(12-16)20-14(10-22)11-23-19-13(2)8-15(21)9-17(19)20/h8-9,11,16H,3-7,12H2,1-2H3,(H,24,26). The number of pyridine rings is 1. The summed E-state index contributed by atoms with van der Waals surface area (Å²) in [5.41, 5.74) is 2.60. The van der Waals surface area contributed by atoms with Crippen molar-refractivity contribution < 1.29 is 9.18 Å². The third-order valence-corrected chi connectivity index (χ3v) is 4.80. The summed E-state index contributed by atoms with van der Waals surface area (Å²) < 4.78 is 14.0. The molecule has 3 rings (SSSR count). The molecule has 0 bridgehead atoms. The zero-order valence-corrected chi connectivity index (χ0v) is 15.2. The Morgan fingerprint density at radius 1 is 1.50 bits per heavy atom. The lowest BCUT2D eigenvalue weighted by Crippen LogP contribution is -2.48. The molecule has 0 spiro atoms. The highest BCUT2D eigenvalue weighted by molar-refractivity contribution is 5.96. The van der Waals surface area contributed by atoms with E-state index in [0.717, 1.165) is 37.1 Å². The number of aromatic nitrogens is 1. The van der Waals surface area contributed by atoms with E-state index in [2.05, 4.69) is 21.3 Å². The average Bonchev–Trinajstić information content (AvgIpc) is 2.61. The minimum absolute atomic E-state index is 0.0345. The Labute approximate surface area is 152 Å². The third-order valence-electron chi connectivity index (χ3n) is 4.80. The normalized spacial score (nSPS) is 17.2. The molecule has 136 valence electrons. The summed E-state index contributed by atoms with van der Waals surface area (Å²) in [7, 11) is 0. The van der Waals surface area contributed by atoms with E-state index in [1.807, 2.05) is 13.8 Å². The first kappa shape index (κ1) is 18.1. The number of aryl methyl sites for hydroxylation is 1. The van der Waals surface area contributed by atoms with E-state index in [9.17, 15) is 14.4 Å². The number of rotatable bonds is 4. The molecule has 1 amide bonds. The highest BCUT2D eigenvalue weighted by Gasteiger charge is 2.25. The van der Waals surface area contributed by atoms with E-state index in [-0.39, 0.29) is 17.8 Å². The molecule has 5 nitrogen and oxygen atoms in total. The van der Waals surface area contributed by atoms with Crippen LogP contribution in [0, 0.1) is 24.1 Å². The summed E-state index contributed by atoms with van der Waals surface area (Å²) in [5, 5.41) is 13.3. The maximum atomic E-state index is 14.0. The number of halogens is 1. The summed E-state index contributed by atoms with van der Waals surface area (Å²) in [6.45, 7) is 5.17. The van der Waals surface area contributed by atoms with E-state index in [1.165, 1.54) is 12.1 Å². The second kappa shape index (κ2) is 7.69. The summed E-state index contributed by atoms with van der Waals surface area (Å²) in [6.07, 6.45) is 4.70. The first-order chi connectivity index (χ1) is 12.5. The molecule has 1 saturated heterocycles. The number of nitrogens with one attached hydrogen (secondary N) is 1. The number of piperidine rings is 1. The van der Waals surface area contributed by atoms with Crippen molar-refractivity contribution in [3.05, 3.63) is 35.3 Å². The maximum absolute atomic E-state index is 14.0. The lowest BCUT2D eigenvalue weighted by atomic mass is 10.0. The van der Waals surface area contributed by atoms with E-state index >= 15 is 0 Å². The van der Waals surface area contributed by atoms with Gasteiger partial charge in [-0.2, -0.15) is 5.26 Å². The van der Waals surface area contributed by atoms with Crippen LogP contribution in [0.2, 0.25) is 0 Å². The van der Waals surface area contributed by atoms with E-state index in [0.29, 0.717) is 29.4 Å². The largest absolute Gasteiger partial charge is 0.368 e. The van der Waals surface area contributed by atoms with Crippen LogP contribution in [0.15, 0.2) is 18.3 Å². The van der Waals surface area contributed by atoms with Gasteiger partial charge < -0.3 is 10.2 Å². The second-order valence-corrected chi connectivity index (χ2v) is 6.85. The fourth-order valence-electron chi connectivity index (χ4n) is 3.67. The average molecular weight is 354 g/mol. The number of amides is 1. The predicted octanol–water partition coefficient (Wildman–Crippen LogP) is 3.44. The van der Waals surface area contributed by atoms with Crippen molar-refractivity contribution >= 4 is 22.5 Å². The van der Waals surface area contributed by atoms with Gasteiger partial charge in [-0.25, -0.2) is 4.39 Å². The molecule has 1 aliphatic rings. The van der Waals surface area contributed by atoms with Crippen molar-refractivity contribution in [2.24, 2.45) is 0 Å². The van der Waals surface area contributed by atoms with Crippen LogP contribution in [-0.2, 0) is 4.79 Å². The Bertz CT molecular complexity index is 874. The van der Waals surface area contributed by atoms with Crippen molar-refractivity contribution in [3.8, 4) is 6.07 Å². The molecule has 26 heavy (non-hydrogen) atoms. The van der Waals surface area contributed by atoms with Crippen LogP contribution in [0.5, 0.6) is 0 Å². The van der Waals surface area contributed by atoms with Crippen molar-refractivity contribution in [1.82, 2.24) is 10.3 Å². The maximum Gasteiger partial charge on any atom is 0.220 e. The van der Waals surface area contributed by atoms with Crippen LogP contribution < -0.4 is 10.2 Å². The molecule has 2 heterocycles. The van der Waals surface area contributed by atoms with Gasteiger partial charge in [0.1, 0.15) is 11.9 Å². The minimum Gasteiger partial charge on any atom is -0.368 e. The van der Waals surface area contributed by atoms with Crippen LogP contribution in [0.1, 0.15) is 43.7 Å². The minimum atomic E-state index is -0.335. The highest BCUT2D eigenvalue weighted by Crippen LogP contribution is 2.33. The van der Waals surface area contributed by atoms with Crippen LogP contribution in [0.25, 0.3) is 10.9 Å². The van der Waals surface area contributed by atoms with E-state index in [4.69, 9.17) is 0 Å². The molecular weight excluding hydrogens is 331 g/mol. The summed E-state index contributed by atoms with van der Waals surface area (Å²) in [5.74, 6) is -0.278. The molecule has 1 aliphatic heterocycles. The number of anilines is 1. The van der Waals surface area contributed by atoms with Gasteiger partial charge in [-0.1, -0.05) is 6.92 Å². The lowest BCUT2D eigenvalue weighted by Gasteiger charge is -2.35. The Morgan fingerprint density at radius 3 is 3.04 bits per heavy atom. The van der Waals surface area contributed by atoms with Gasteiger partial charge in [0, 0.05) is 37.1 Å². The van der Waals surface area contributed by atoms with Gasteiger partial charge in [-0.05, 0) is 43.9 Å². The van der Waals surface area contributed by atoms with Gasteiger partial charge in [0.05, 0.1) is 16.8 Å². The molecule has 1 atom stereocenters. The number of carbonyl (C=O) groups excluding carboxylic acids is 1. The zero-order valence-electron chi connectivity index (χ0n) is 15.2.